The molecule has 7 N–H and O–H groups in total. The number of rotatable bonds is 21. The van der Waals surface area contributed by atoms with Gasteiger partial charge in [-0.2, -0.15) is 35.1 Å². The Hall–Kier alpha value is -13.6. The summed E-state index contributed by atoms with van der Waals surface area (Å²) in [7, 11) is 1.43. The maximum absolute atomic E-state index is 15.5. The van der Waals surface area contributed by atoms with Crippen LogP contribution in [0.4, 0.5) is 93.0 Å². The molecule has 23 nitrogen and oxygen atoms in total. The van der Waals surface area contributed by atoms with E-state index < -0.39 is 181 Å². The van der Waals surface area contributed by atoms with Crippen molar-refractivity contribution >= 4 is 70.1 Å². The number of aromatic nitrogens is 1. The van der Waals surface area contributed by atoms with Crippen LogP contribution in [0.5, 0.6) is 0 Å². The number of H-pyrrole nitrogens is 1. The highest BCUT2D eigenvalue weighted by Crippen LogP contribution is 2.47. The average Bonchev–Trinajstić information content (AvgIpc) is 1.48. The molecule has 0 aliphatic carbocycles. The van der Waals surface area contributed by atoms with Gasteiger partial charge in [0, 0.05) is 108 Å². The van der Waals surface area contributed by atoms with Gasteiger partial charge in [-0.15, -0.1) is 0 Å². The molecule has 5 saturated heterocycles. The fourth-order valence-corrected chi connectivity index (χ4v) is 16.5. The van der Waals surface area contributed by atoms with Gasteiger partial charge in [-0.1, -0.05) is 13.5 Å². The predicted molar refractivity (Wildman–Crippen MR) is 457 cm³/mol. The van der Waals surface area contributed by atoms with Crippen molar-refractivity contribution < 1.29 is 133 Å². The maximum atomic E-state index is 15.5. The first kappa shape index (κ1) is 99.5. The topological polar surface area (TPSA) is 285 Å². The van der Waals surface area contributed by atoms with Crippen molar-refractivity contribution in [2.75, 3.05) is 81.0 Å². The monoisotopic (exact) mass is 1880 g/mol. The second kappa shape index (κ2) is 40.5. The van der Waals surface area contributed by atoms with Crippen molar-refractivity contribution in [2.24, 2.45) is 0 Å². The van der Waals surface area contributed by atoms with Crippen LogP contribution in [0.3, 0.4) is 0 Å². The Morgan fingerprint density at radius 1 is 0.463 bits per heavy atom. The fraction of sp³-hybridized carbons (Fsp3) is 0.326. The molecule has 1 aromatic heterocycles. The summed E-state index contributed by atoms with van der Waals surface area (Å²) < 4.78 is 249. The van der Waals surface area contributed by atoms with E-state index in [0.29, 0.717) is 61.9 Å². The van der Waals surface area contributed by atoms with Gasteiger partial charge in [0.25, 0.3) is 41.4 Å². The largest absolute Gasteiger partial charge is 0.483 e. The van der Waals surface area contributed by atoms with Crippen molar-refractivity contribution in [1.82, 2.24) is 29.5 Å². The number of carbonyl (C=O) groups excluding carboxylic acids is 7. The molecule has 6 aliphatic heterocycles. The number of morpholine rings is 2. The molecule has 5 atom stereocenters. The quantitative estimate of drug-likeness (QED) is 0.0260. The Kier molecular flexibility index (Phi) is 30.0. The number of amides is 7. The van der Waals surface area contributed by atoms with Gasteiger partial charge in [-0.3, -0.25) is 33.6 Å². The van der Waals surface area contributed by atoms with Gasteiger partial charge >= 0.3 is 29.7 Å². The highest BCUT2D eigenvalue weighted by atomic mass is 19.3. The first-order valence-electron chi connectivity index (χ1n) is 41.8. The van der Waals surface area contributed by atoms with Crippen LogP contribution in [0, 0.1) is 74.2 Å². The summed E-state index contributed by atoms with van der Waals surface area (Å²) in [4.78, 5) is 109. The summed E-state index contributed by atoms with van der Waals surface area (Å²) in [6.45, 7) is 14.8. The Bertz CT molecular complexity index is 6030. The second-order valence-electron chi connectivity index (χ2n) is 32.9. The molecule has 5 fully saturated rings. The summed E-state index contributed by atoms with van der Waals surface area (Å²) >= 11 is 0. The van der Waals surface area contributed by atoms with Crippen molar-refractivity contribution in [3.63, 3.8) is 0 Å². The molecule has 9 aromatic rings. The number of nitrogens with zero attached hydrogens (tertiary/aromatic N) is 5. The number of carboxylic acid groups (broad SMARTS) is 1. The third kappa shape index (κ3) is 21.7. The van der Waals surface area contributed by atoms with Crippen molar-refractivity contribution in [3.05, 3.63) is 307 Å². The minimum Gasteiger partial charge on any atom is -0.483 e. The number of allylic oxidation sites excluding steroid dienone is 1. The van der Waals surface area contributed by atoms with Gasteiger partial charge in [-0.05, 0) is 246 Å². The number of aliphatic hydroxyl groups is 1. The number of carboxylic acids is 1. The Morgan fingerprint density at radius 3 is 1.16 bits per heavy atom. The van der Waals surface area contributed by atoms with Gasteiger partial charge in [0.1, 0.15) is 46.5 Å². The normalized spacial score (nSPS) is 18.6. The van der Waals surface area contributed by atoms with Gasteiger partial charge in [0.15, 0.2) is 11.9 Å². The number of benzene rings is 8. The number of alkyl halides is 8. The number of ether oxygens (including phenoxy) is 3. The molecular weight excluding hydrogens is 1790 g/mol. The number of nitrogens with one attached hydrogen (secondary N) is 5. The zero-order valence-electron chi connectivity index (χ0n) is 72.6. The number of methoxy groups -OCH3 is 1. The number of aryl methyl sites for hydroxylation is 4. The molecule has 7 amide bonds. The van der Waals surface area contributed by atoms with E-state index in [1.54, 1.807) is 17.2 Å². The first-order chi connectivity index (χ1) is 63.1. The smallest absolute Gasteiger partial charge is 0.352 e. The molecule has 4 bridgehead atoms. The lowest BCUT2D eigenvalue weighted by molar-refractivity contribution is -0.181. The maximum Gasteiger partial charge on any atom is 0.352 e. The van der Waals surface area contributed by atoms with Crippen LogP contribution in [0.15, 0.2) is 183 Å². The van der Waals surface area contributed by atoms with Crippen LogP contribution < -0.4 is 21.3 Å². The lowest BCUT2D eigenvalue weighted by Gasteiger charge is -2.50. The second-order valence-corrected chi connectivity index (χ2v) is 32.9. The van der Waals surface area contributed by atoms with E-state index in [1.807, 2.05) is 6.92 Å². The molecular formula is C95H90F16N10O13. The van der Waals surface area contributed by atoms with E-state index >= 15 is 35.1 Å². The number of anilines is 4. The minimum atomic E-state index is -4.25. The summed E-state index contributed by atoms with van der Waals surface area (Å²) in [6, 6.07) is 22.8. The first-order valence-corrected chi connectivity index (χ1v) is 41.8. The van der Waals surface area contributed by atoms with Gasteiger partial charge in [-0.25, -0.2) is 39.9 Å². The molecule has 0 radical (unpaired) electrons. The van der Waals surface area contributed by atoms with E-state index in [-0.39, 0.29) is 139 Å². The highest BCUT2D eigenvalue weighted by Gasteiger charge is 2.57. The Balaban J connectivity index is 0.000000161. The van der Waals surface area contributed by atoms with Gasteiger partial charge in [0.05, 0.1) is 79.2 Å². The third-order valence-electron chi connectivity index (χ3n) is 23.9. The lowest BCUT2D eigenvalue weighted by Crippen LogP contribution is -2.67. The standard InChI is InChI=1S/C25H25F4N3O4.C25H26F4N2O3.C23H19F4N3O2.C22H20F4N2O4/c1-14-8-17(5-7-21(14)26)30-23(33)16-4-6-22(27)20(9-16)25(28,29)24(34)32-18-10-31(15(2)35-3)11-19(32)13-36-12-18;1-3-24(34)12-17-6-7-18(13-24)31(17)23(33)25(28,29)19-11-15(4-8-21(19)27)22(32)30-16-5-9-20(26)14(2)10-16;1-13-10-16(3-5-18(13)24)29-21(31)14-2-4-19(25)17(11-14)23(26,27)22(32)30-9-7-20-15(12-30)6-8-28-20;1-12-9-15(4-6-17(12)23)27-20(29)14-3-5-18(24)16(10-14)22(25,26)13(2)28-7-8-32-11-19(28)21(30)31/h4-9,18-19H,2,10-13H2,1,3H3,(H,30,33);4-5,8-11,17-18,34H,3,6-7,12-13H2,1-2H3,(H,30,32);2-6,8,10-11,28H,7,9,12H2,1H3,(H,29,31);3-6,9-10,19H,2,7-8,11H2,1H3,(H,27,29)(H,30,31)/t;;;19-/m...0/s1. The number of halogens is 16. The number of hydrogen-bond acceptors (Lipinski definition) is 14. The molecule has 39 heteroatoms. The number of aromatic amines is 1. The van der Waals surface area contributed by atoms with Crippen molar-refractivity contribution in [2.45, 2.75) is 139 Å². The number of fused-ring (bicyclic) bond motifs is 5. The van der Waals surface area contributed by atoms with Gasteiger partial charge < -0.3 is 75.2 Å². The molecule has 0 saturated carbocycles. The predicted octanol–water partition coefficient (Wildman–Crippen LogP) is 17.0. The van der Waals surface area contributed by atoms with E-state index in [0.717, 1.165) is 97.6 Å². The number of piperazine rings is 1. The molecule has 0 spiro atoms. The fourth-order valence-electron chi connectivity index (χ4n) is 16.5. The van der Waals surface area contributed by atoms with Crippen LogP contribution in [0.25, 0.3) is 0 Å². The van der Waals surface area contributed by atoms with E-state index in [9.17, 15) is 83.7 Å². The van der Waals surface area contributed by atoms with Crippen molar-refractivity contribution in [1.29, 1.82) is 0 Å². The number of aliphatic carboxylic acids is 1. The molecule has 7 heterocycles. The Morgan fingerprint density at radius 2 is 0.813 bits per heavy atom. The van der Waals surface area contributed by atoms with Crippen LogP contribution in [0.1, 0.15) is 136 Å². The van der Waals surface area contributed by atoms with E-state index in [1.165, 1.54) is 83.3 Å². The third-order valence-corrected chi connectivity index (χ3v) is 23.9. The minimum absolute atomic E-state index is 0.000887. The Labute approximate surface area is 756 Å². The average molecular weight is 1880 g/mol. The van der Waals surface area contributed by atoms with Crippen LogP contribution in [-0.2, 0) is 70.0 Å². The highest BCUT2D eigenvalue weighted by molar-refractivity contribution is 6.07. The van der Waals surface area contributed by atoms with E-state index in [4.69, 9.17) is 14.2 Å². The molecule has 134 heavy (non-hydrogen) atoms. The van der Waals surface area contributed by atoms with Gasteiger partial charge in [0.2, 0.25) is 0 Å². The summed E-state index contributed by atoms with van der Waals surface area (Å²) in [6.07, 6.45) is 3.90. The van der Waals surface area contributed by atoms with Crippen LogP contribution >= 0.6 is 0 Å². The van der Waals surface area contributed by atoms with Crippen LogP contribution in [0.2, 0.25) is 0 Å². The number of hydrogen-bond donors (Lipinski definition) is 7. The van der Waals surface area contributed by atoms with Crippen LogP contribution in [-0.4, -0.2) is 183 Å². The molecule has 710 valence electrons. The molecule has 15 rings (SSSR count). The summed E-state index contributed by atoms with van der Waals surface area (Å²) in [5.41, 5.74) is -4.05. The number of carbonyl (C=O) groups is 8. The molecule has 8 aromatic carbocycles. The van der Waals surface area contributed by atoms with Crippen molar-refractivity contribution in [3.8, 4) is 0 Å². The lowest BCUT2D eigenvalue weighted by atomic mass is 9.83. The molecule has 6 aliphatic rings. The summed E-state index contributed by atoms with van der Waals surface area (Å²) in [5, 5.41) is 29.7. The number of piperidine rings is 1. The zero-order valence-corrected chi connectivity index (χ0v) is 72.6. The SMILES string of the molecule is C=C(N1CCOC[C@H]1C(=O)O)C(F)(F)c1cc(C(=O)Nc2ccc(F)c(C)c2)ccc1F.C=C(OC)N1CC2COCC(C1)N2C(=O)C(F)(F)c1cc(C(=O)Nc2ccc(F)c(C)c2)ccc1F.CCC1(O)CC2CCC(C1)N2C(=O)C(F)(F)c1cc(C(=O)Nc2ccc(F)c(C)c2)ccc1F.Cc1cc(NC(=O)c2ccc(F)c(C(F)(F)C(=O)N3CCc4[nH]ccc4C3)c2)ccc1F. The summed E-state index contributed by atoms with van der Waals surface area (Å²) in [5.74, 6) is -32.6. The zero-order chi connectivity index (χ0) is 97.7. The molecule has 4 unspecified atom stereocenters. The van der Waals surface area contributed by atoms with E-state index in [2.05, 4.69) is 39.4 Å².